The lowest BCUT2D eigenvalue weighted by Crippen LogP contribution is -2.31. The molecule has 0 bridgehead atoms. The minimum atomic E-state index is -0.910. The van der Waals surface area contributed by atoms with E-state index in [4.69, 9.17) is 9.84 Å². The molecule has 6 nitrogen and oxygen atoms in total. The first-order valence-electron chi connectivity index (χ1n) is 6.37. The third-order valence-electron chi connectivity index (χ3n) is 2.30. The van der Waals surface area contributed by atoms with Gasteiger partial charge in [-0.2, -0.15) is 4.98 Å². The van der Waals surface area contributed by atoms with Gasteiger partial charge >= 0.3 is 5.97 Å². The second kappa shape index (κ2) is 6.92. The number of hydrogen-bond acceptors (Lipinski definition) is 5. The molecule has 2 N–H and O–H groups in total. The molecule has 0 spiro atoms. The number of carboxylic acid groups (broad SMARTS) is 1. The van der Waals surface area contributed by atoms with Crippen molar-refractivity contribution in [3.63, 3.8) is 0 Å². The standard InChI is InChI=1S/C13H21N3O3/c1-8(2)7-10(12(17)18)15-13-14-6-5-11(16-13)19-9(3)4/h5-6,8-10H,7H2,1-4H3,(H,17,18)(H,14,15,16). The van der Waals surface area contributed by atoms with Crippen molar-refractivity contribution in [3.8, 4) is 5.88 Å². The molecule has 1 aromatic rings. The van der Waals surface area contributed by atoms with Crippen molar-refractivity contribution in [2.24, 2.45) is 5.92 Å². The molecule has 19 heavy (non-hydrogen) atoms. The summed E-state index contributed by atoms with van der Waals surface area (Å²) in [6, 6.07) is 0.943. The van der Waals surface area contributed by atoms with Gasteiger partial charge in [-0.3, -0.25) is 0 Å². The van der Waals surface area contributed by atoms with Gasteiger partial charge in [-0.1, -0.05) is 13.8 Å². The molecule has 1 rings (SSSR count). The van der Waals surface area contributed by atoms with Crippen LogP contribution in [0.4, 0.5) is 5.95 Å². The van der Waals surface area contributed by atoms with Crippen LogP contribution in [0.1, 0.15) is 34.1 Å². The van der Waals surface area contributed by atoms with Gasteiger partial charge in [-0.15, -0.1) is 0 Å². The van der Waals surface area contributed by atoms with E-state index in [0.717, 1.165) is 0 Å². The number of ether oxygens (including phenoxy) is 1. The zero-order valence-corrected chi connectivity index (χ0v) is 11.8. The molecule has 0 aliphatic carbocycles. The maximum absolute atomic E-state index is 11.2. The quantitative estimate of drug-likeness (QED) is 0.787. The second-order valence-electron chi connectivity index (χ2n) is 5.05. The monoisotopic (exact) mass is 267 g/mol. The van der Waals surface area contributed by atoms with E-state index in [1.807, 2.05) is 27.7 Å². The molecule has 0 aliphatic heterocycles. The van der Waals surface area contributed by atoms with Gasteiger partial charge in [0.15, 0.2) is 0 Å². The van der Waals surface area contributed by atoms with Crippen molar-refractivity contribution in [2.45, 2.75) is 46.3 Å². The minimum Gasteiger partial charge on any atom is -0.480 e. The molecule has 0 saturated heterocycles. The van der Waals surface area contributed by atoms with Gasteiger partial charge in [-0.25, -0.2) is 9.78 Å². The Balaban J connectivity index is 2.76. The topological polar surface area (TPSA) is 84.3 Å². The molecular weight excluding hydrogens is 246 g/mol. The molecule has 1 aromatic heterocycles. The third-order valence-corrected chi connectivity index (χ3v) is 2.30. The summed E-state index contributed by atoms with van der Waals surface area (Å²) in [5.74, 6) is 0.0589. The Morgan fingerprint density at radius 3 is 2.63 bits per heavy atom. The first kappa shape index (κ1) is 15.2. The number of aromatic nitrogens is 2. The highest BCUT2D eigenvalue weighted by Crippen LogP contribution is 2.13. The zero-order chi connectivity index (χ0) is 14.4. The van der Waals surface area contributed by atoms with E-state index in [0.29, 0.717) is 12.3 Å². The summed E-state index contributed by atoms with van der Waals surface area (Å²) in [6.45, 7) is 7.73. The van der Waals surface area contributed by atoms with E-state index < -0.39 is 12.0 Å². The maximum atomic E-state index is 11.2. The van der Waals surface area contributed by atoms with Crippen molar-refractivity contribution in [3.05, 3.63) is 12.3 Å². The van der Waals surface area contributed by atoms with E-state index in [-0.39, 0.29) is 18.0 Å². The van der Waals surface area contributed by atoms with Crippen LogP contribution in [0.25, 0.3) is 0 Å². The summed E-state index contributed by atoms with van der Waals surface area (Å²) in [7, 11) is 0. The van der Waals surface area contributed by atoms with E-state index in [2.05, 4.69) is 15.3 Å². The molecular formula is C13H21N3O3. The normalized spacial score (nSPS) is 12.5. The van der Waals surface area contributed by atoms with Gasteiger partial charge < -0.3 is 15.2 Å². The second-order valence-corrected chi connectivity index (χ2v) is 5.05. The number of nitrogens with one attached hydrogen (secondary N) is 1. The first-order chi connectivity index (χ1) is 8.88. The van der Waals surface area contributed by atoms with E-state index >= 15 is 0 Å². The van der Waals surface area contributed by atoms with Crippen LogP contribution in [0.5, 0.6) is 5.88 Å². The van der Waals surface area contributed by atoms with Crippen LogP contribution >= 0.6 is 0 Å². The number of aliphatic carboxylic acids is 1. The molecule has 1 heterocycles. The van der Waals surface area contributed by atoms with Gasteiger partial charge in [0.1, 0.15) is 6.04 Å². The first-order valence-corrected chi connectivity index (χ1v) is 6.37. The Bertz CT molecular complexity index is 421. The molecule has 0 amide bonds. The summed E-state index contributed by atoms with van der Waals surface area (Å²) in [5, 5.41) is 12.0. The lowest BCUT2D eigenvalue weighted by Gasteiger charge is -2.17. The predicted octanol–water partition coefficient (Wildman–Crippen LogP) is 2.17. The maximum Gasteiger partial charge on any atom is 0.326 e. The minimum absolute atomic E-state index is 0.00804. The van der Waals surface area contributed by atoms with Crippen LogP contribution < -0.4 is 10.1 Å². The van der Waals surface area contributed by atoms with Crippen molar-refractivity contribution in [1.82, 2.24) is 9.97 Å². The van der Waals surface area contributed by atoms with Crippen molar-refractivity contribution < 1.29 is 14.6 Å². The highest BCUT2D eigenvalue weighted by molar-refractivity contribution is 5.76. The Labute approximate surface area is 113 Å². The fraction of sp³-hybridized carbons (Fsp3) is 0.615. The molecule has 6 heteroatoms. The third kappa shape index (κ3) is 5.54. The summed E-state index contributed by atoms with van der Waals surface area (Å²) < 4.78 is 5.44. The molecule has 0 aliphatic rings. The van der Waals surface area contributed by atoms with Crippen LogP contribution in [-0.2, 0) is 4.79 Å². The Kier molecular flexibility index (Phi) is 5.54. The fourth-order valence-corrected chi connectivity index (χ4v) is 1.57. The molecule has 1 unspecified atom stereocenters. The molecule has 0 saturated carbocycles. The molecule has 1 atom stereocenters. The van der Waals surface area contributed by atoms with Gasteiger partial charge in [0.2, 0.25) is 11.8 Å². The Hall–Kier alpha value is -1.85. The average Bonchev–Trinajstić information content (AvgIpc) is 2.26. The largest absolute Gasteiger partial charge is 0.480 e. The summed E-state index contributed by atoms with van der Waals surface area (Å²) >= 11 is 0. The summed E-state index contributed by atoms with van der Waals surface area (Å²) in [6.07, 6.45) is 2.06. The van der Waals surface area contributed by atoms with E-state index in [1.165, 1.54) is 0 Å². The number of nitrogens with zero attached hydrogens (tertiary/aromatic N) is 2. The van der Waals surface area contributed by atoms with Gasteiger partial charge in [0, 0.05) is 12.3 Å². The van der Waals surface area contributed by atoms with Crippen LogP contribution in [0.3, 0.4) is 0 Å². The van der Waals surface area contributed by atoms with Gasteiger partial charge in [-0.05, 0) is 26.2 Å². The highest BCUT2D eigenvalue weighted by atomic mass is 16.5. The van der Waals surface area contributed by atoms with Gasteiger partial charge in [0.25, 0.3) is 0 Å². The summed E-state index contributed by atoms with van der Waals surface area (Å²) in [4.78, 5) is 19.3. The molecule has 106 valence electrons. The Morgan fingerprint density at radius 1 is 1.42 bits per heavy atom. The lowest BCUT2D eigenvalue weighted by atomic mass is 10.0. The van der Waals surface area contributed by atoms with E-state index in [9.17, 15) is 4.79 Å². The molecule has 0 aromatic carbocycles. The zero-order valence-electron chi connectivity index (χ0n) is 11.8. The van der Waals surface area contributed by atoms with Crippen LogP contribution in [0.15, 0.2) is 12.3 Å². The van der Waals surface area contributed by atoms with Crippen LogP contribution in [0, 0.1) is 5.92 Å². The van der Waals surface area contributed by atoms with Crippen molar-refractivity contribution in [2.75, 3.05) is 5.32 Å². The number of anilines is 1. The van der Waals surface area contributed by atoms with Gasteiger partial charge in [0.05, 0.1) is 6.10 Å². The number of carbonyl (C=O) groups is 1. The number of rotatable bonds is 7. The predicted molar refractivity (Wildman–Crippen MR) is 72.3 cm³/mol. The number of carboxylic acids is 1. The highest BCUT2D eigenvalue weighted by Gasteiger charge is 2.19. The lowest BCUT2D eigenvalue weighted by molar-refractivity contribution is -0.138. The SMILES string of the molecule is CC(C)CC(Nc1nccc(OC(C)C)n1)C(=O)O. The Morgan fingerprint density at radius 2 is 2.11 bits per heavy atom. The van der Waals surface area contributed by atoms with Crippen LogP contribution in [-0.4, -0.2) is 33.2 Å². The molecule has 0 radical (unpaired) electrons. The van der Waals surface area contributed by atoms with Crippen molar-refractivity contribution in [1.29, 1.82) is 0 Å². The van der Waals surface area contributed by atoms with Crippen LogP contribution in [0.2, 0.25) is 0 Å². The fourth-order valence-electron chi connectivity index (χ4n) is 1.57. The van der Waals surface area contributed by atoms with E-state index in [1.54, 1.807) is 12.3 Å². The smallest absolute Gasteiger partial charge is 0.326 e. The number of hydrogen-bond donors (Lipinski definition) is 2. The molecule has 0 fully saturated rings. The summed E-state index contributed by atoms with van der Waals surface area (Å²) in [5.41, 5.74) is 0. The van der Waals surface area contributed by atoms with Crippen molar-refractivity contribution >= 4 is 11.9 Å². The average molecular weight is 267 g/mol.